The van der Waals surface area contributed by atoms with Crippen LogP contribution in [-0.4, -0.2) is 23.2 Å². The minimum Gasteiger partial charge on any atom is -0.388 e. The quantitative estimate of drug-likeness (QED) is 0.842. The maximum Gasteiger partial charge on any atom is 0.254 e. The third-order valence-electron chi connectivity index (χ3n) is 3.13. The minimum absolute atomic E-state index is 0.127. The van der Waals surface area contributed by atoms with E-state index < -0.39 is 11.5 Å². The Balaban J connectivity index is 2.11. The number of amides is 1. The first-order valence-corrected chi connectivity index (χ1v) is 6.70. The van der Waals surface area contributed by atoms with E-state index >= 15 is 0 Å². The molecule has 1 amide bonds. The molecule has 1 aliphatic carbocycles. The number of benzene rings is 1. The van der Waals surface area contributed by atoms with Gasteiger partial charge in [0.2, 0.25) is 0 Å². The van der Waals surface area contributed by atoms with Crippen LogP contribution in [0.25, 0.3) is 0 Å². The summed E-state index contributed by atoms with van der Waals surface area (Å²) in [4.78, 5) is 12.0. The van der Waals surface area contributed by atoms with Crippen molar-refractivity contribution in [2.75, 3.05) is 6.54 Å². The molecule has 2 rings (SSSR count). The van der Waals surface area contributed by atoms with Gasteiger partial charge in [0, 0.05) is 6.54 Å². The van der Waals surface area contributed by atoms with E-state index in [0.717, 1.165) is 6.42 Å². The lowest BCUT2D eigenvalue weighted by Gasteiger charge is -2.36. The fourth-order valence-electron chi connectivity index (χ4n) is 1.83. The maximum atomic E-state index is 12.0. The van der Waals surface area contributed by atoms with Crippen LogP contribution in [0.4, 0.5) is 0 Å². The first-order valence-electron chi connectivity index (χ1n) is 5.57. The SMILES string of the molecule is O=C(NCC1(O)CCC1)c1c(Cl)ccc(Cl)c1Cl. The van der Waals surface area contributed by atoms with Crippen LogP contribution in [0.15, 0.2) is 12.1 Å². The first-order chi connectivity index (χ1) is 8.43. The van der Waals surface area contributed by atoms with Gasteiger partial charge in [0.25, 0.3) is 5.91 Å². The van der Waals surface area contributed by atoms with Gasteiger partial charge in [0.15, 0.2) is 0 Å². The van der Waals surface area contributed by atoms with Crippen molar-refractivity contribution in [2.24, 2.45) is 0 Å². The number of nitrogens with one attached hydrogen (secondary N) is 1. The lowest BCUT2D eigenvalue weighted by molar-refractivity contribution is -0.0300. The Bertz CT molecular complexity index is 486. The second-order valence-electron chi connectivity index (χ2n) is 4.48. The van der Waals surface area contributed by atoms with E-state index in [1.807, 2.05) is 0 Å². The van der Waals surface area contributed by atoms with Gasteiger partial charge in [-0.1, -0.05) is 34.8 Å². The topological polar surface area (TPSA) is 49.3 Å². The molecule has 0 heterocycles. The molecule has 1 aromatic carbocycles. The molecule has 0 bridgehead atoms. The molecule has 0 aliphatic heterocycles. The first kappa shape index (κ1) is 13.9. The van der Waals surface area contributed by atoms with Gasteiger partial charge in [-0.25, -0.2) is 0 Å². The largest absolute Gasteiger partial charge is 0.388 e. The molecule has 0 saturated heterocycles. The predicted molar refractivity (Wildman–Crippen MR) is 72.6 cm³/mol. The van der Waals surface area contributed by atoms with Gasteiger partial charge in [-0.2, -0.15) is 0 Å². The molecule has 1 saturated carbocycles. The summed E-state index contributed by atoms with van der Waals surface area (Å²) in [5, 5.41) is 13.2. The molecule has 6 heteroatoms. The summed E-state index contributed by atoms with van der Waals surface area (Å²) in [6.45, 7) is 0.199. The van der Waals surface area contributed by atoms with Crippen LogP contribution in [0.3, 0.4) is 0 Å². The lowest BCUT2D eigenvalue weighted by atomic mass is 9.80. The van der Waals surface area contributed by atoms with Crippen LogP contribution in [0.2, 0.25) is 15.1 Å². The van der Waals surface area contributed by atoms with Crippen LogP contribution in [0.1, 0.15) is 29.6 Å². The molecule has 1 fully saturated rings. The van der Waals surface area contributed by atoms with Crippen LogP contribution in [0.5, 0.6) is 0 Å². The summed E-state index contributed by atoms with van der Waals surface area (Å²) in [7, 11) is 0. The Morgan fingerprint density at radius 3 is 2.44 bits per heavy atom. The van der Waals surface area contributed by atoms with E-state index in [1.165, 1.54) is 12.1 Å². The summed E-state index contributed by atoms with van der Waals surface area (Å²) in [5.41, 5.74) is -0.638. The normalized spacial score (nSPS) is 17.1. The molecule has 18 heavy (non-hydrogen) atoms. The van der Waals surface area contributed by atoms with Gasteiger partial charge in [0.05, 0.1) is 26.2 Å². The highest BCUT2D eigenvalue weighted by atomic mass is 35.5. The number of carbonyl (C=O) groups is 1. The molecule has 0 radical (unpaired) electrons. The summed E-state index contributed by atoms with van der Waals surface area (Å²) in [5.74, 6) is -0.423. The Morgan fingerprint density at radius 1 is 1.28 bits per heavy atom. The molecular weight excluding hydrogens is 296 g/mol. The molecule has 98 valence electrons. The molecule has 1 aromatic rings. The molecule has 1 aliphatic rings. The van der Waals surface area contributed by atoms with E-state index in [-0.39, 0.29) is 27.2 Å². The second kappa shape index (κ2) is 5.25. The number of hydrogen-bond donors (Lipinski definition) is 2. The fraction of sp³-hybridized carbons (Fsp3) is 0.417. The monoisotopic (exact) mass is 307 g/mol. The Labute approximate surface area is 120 Å². The highest BCUT2D eigenvalue weighted by Gasteiger charge is 2.34. The second-order valence-corrected chi connectivity index (χ2v) is 5.67. The molecule has 0 aromatic heterocycles. The maximum absolute atomic E-state index is 12.0. The standard InChI is InChI=1S/C12H12Cl3NO2/c13-7-2-3-8(14)10(15)9(7)11(17)16-6-12(18)4-1-5-12/h2-3,18H,1,4-6H2,(H,16,17). The van der Waals surface area contributed by atoms with Crippen LogP contribution in [0, 0.1) is 0 Å². The van der Waals surface area contributed by atoms with Gasteiger partial charge < -0.3 is 10.4 Å². The molecule has 3 nitrogen and oxygen atoms in total. The number of aliphatic hydroxyl groups is 1. The minimum atomic E-state index is -0.785. The molecule has 2 N–H and O–H groups in total. The van der Waals surface area contributed by atoms with E-state index in [9.17, 15) is 9.90 Å². The van der Waals surface area contributed by atoms with Gasteiger partial charge >= 0.3 is 0 Å². The van der Waals surface area contributed by atoms with Crippen LogP contribution in [-0.2, 0) is 0 Å². The van der Waals surface area contributed by atoms with Crippen molar-refractivity contribution < 1.29 is 9.90 Å². The van der Waals surface area contributed by atoms with Crippen molar-refractivity contribution in [1.29, 1.82) is 0 Å². The highest BCUT2D eigenvalue weighted by molar-refractivity contribution is 6.46. The molecule has 0 spiro atoms. The molecular formula is C12H12Cl3NO2. The number of hydrogen-bond acceptors (Lipinski definition) is 2. The van der Waals surface area contributed by atoms with Crippen molar-refractivity contribution in [1.82, 2.24) is 5.32 Å². The third-order valence-corrected chi connectivity index (χ3v) is 4.25. The van der Waals surface area contributed by atoms with E-state index in [0.29, 0.717) is 12.8 Å². The van der Waals surface area contributed by atoms with Crippen molar-refractivity contribution in [3.05, 3.63) is 32.8 Å². The number of rotatable bonds is 3. The Hall–Kier alpha value is -0.480. The van der Waals surface area contributed by atoms with Crippen LogP contribution < -0.4 is 5.32 Å². The summed E-state index contributed by atoms with van der Waals surface area (Å²) in [6, 6.07) is 3.05. The summed E-state index contributed by atoms with van der Waals surface area (Å²) >= 11 is 17.7. The Morgan fingerprint density at radius 2 is 1.89 bits per heavy atom. The number of carbonyl (C=O) groups excluding carboxylic acids is 1. The highest BCUT2D eigenvalue weighted by Crippen LogP contribution is 2.33. The zero-order valence-corrected chi connectivity index (χ0v) is 11.7. The van der Waals surface area contributed by atoms with Crippen molar-refractivity contribution in [3.8, 4) is 0 Å². The average molecular weight is 309 g/mol. The average Bonchev–Trinajstić information content (AvgIpc) is 2.29. The third kappa shape index (κ3) is 2.75. The Kier molecular flexibility index (Phi) is 4.07. The van der Waals surface area contributed by atoms with Crippen molar-refractivity contribution in [2.45, 2.75) is 24.9 Å². The molecule has 0 atom stereocenters. The lowest BCUT2D eigenvalue weighted by Crippen LogP contribution is -2.47. The zero-order valence-electron chi connectivity index (χ0n) is 9.47. The summed E-state index contributed by atoms with van der Waals surface area (Å²) in [6.07, 6.45) is 2.37. The smallest absolute Gasteiger partial charge is 0.254 e. The van der Waals surface area contributed by atoms with Crippen molar-refractivity contribution >= 4 is 40.7 Å². The fourth-order valence-corrected chi connectivity index (χ4v) is 2.53. The van der Waals surface area contributed by atoms with Gasteiger partial charge in [0.1, 0.15) is 0 Å². The van der Waals surface area contributed by atoms with E-state index in [2.05, 4.69) is 5.32 Å². The van der Waals surface area contributed by atoms with Gasteiger partial charge in [-0.05, 0) is 31.4 Å². The van der Waals surface area contributed by atoms with E-state index in [1.54, 1.807) is 0 Å². The van der Waals surface area contributed by atoms with Gasteiger partial charge in [-0.15, -0.1) is 0 Å². The predicted octanol–water partition coefficient (Wildman–Crippen LogP) is 3.29. The van der Waals surface area contributed by atoms with Gasteiger partial charge in [-0.3, -0.25) is 4.79 Å². The number of halogens is 3. The van der Waals surface area contributed by atoms with Crippen LogP contribution >= 0.6 is 34.8 Å². The zero-order chi connectivity index (χ0) is 13.3. The van der Waals surface area contributed by atoms with E-state index in [4.69, 9.17) is 34.8 Å². The summed E-state index contributed by atoms with van der Waals surface area (Å²) < 4.78 is 0. The van der Waals surface area contributed by atoms with Crippen molar-refractivity contribution in [3.63, 3.8) is 0 Å². The molecule has 0 unspecified atom stereocenters.